The normalized spacial score (nSPS) is 15.3. The molecule has 0 aliphatic rings. The van der Waals surface area contributed by atoms with Gasteiger partial charge in [0.2, 0.25) is 5.91 Å². The molecule has 0 aromatic rings. The van der Waals surface area contributed by atoms with Crippen molar-refractivity contribution >= 4 is 13.7 Å². The van der Waals surface area contributed by atoms with Crippen molar-refractivity contribution in [1.29, 1.82) is 0 Å². The molecule has 378 valence electrons. The Kier molecular flexibility index (Phi) is 44.9. The zero-order valence-corrected chi connectivity index (χ0v) is 43.7. The Morgan fingerprint density at radius 2 is 0.910 bits per heavy atom. The van der Waals surface area contributed by atoms with Crippen molar-refractivity contribution in [2.45, 2.75) is 174 Å². The third-order valence-corrected chi connectivity index (χ3v) is 11.3. The second-order valence-corrected chi connectivity index (χ2v) is 19.2. The summed E-state index contributed by atoms with van der Waals surface area (Å²) in [4.78, 5) is 23.2. The highest BCUT2D eigenvalue weighted by Crippen LogP contribution is 2.43. The Morgan fingerprint density at radius 3 is 1.37 bits per heavy atom. The molecule has 0 aromatic heterocycles. The Morgan fingerprint density at radius 1 is 0.522 bits per heavy atom. The van der Waals surface area contributed by atoms with Gasteiger partial charge in [-0.2, -0.15) is 0 Å². The highest BCUT2D eigenvalue weighted by atomic mass is 31.2. The van der Waals surface area contributed by atoms with E-state index >= 15 is 0 Å². The van der Waals surface area contributed by atoms with Gasteiger partial charge in [-0.15, -0.1) is 0 Å². The summed E-state index contributed by atoms with van der Waals surface area (Å²) in [5.41, 5.74) is 0. The van der Waals surface area contributed by atoms with E-state index in [-0.39, 0.29) is 19.1 Å². The molecule has 0 aliphatic carbocycles. The molecular formula is C58H96N2O6P+. The molecule has 8 nitrogen and oxygen atoms in total. The first-order valence-electron chi connectivity index (χ1n) is 25.7. The van der Waals surface area contributed by atoms with Crippen molar-refractivity contribution in [3.8, 4) is 0 Å². The molecule has 67 heavy (non-hydrogen) atoms. The third-order valence-electron chi connectivity index (χ3n) is 10.3. The van der Waals surface area contributed by atoms with E-state index in [1.165, 1.54) is 12.8 Å². The number of amides is 1. The number of likely N-dealkylation sites (N-methyl/N-ethyl adjacent to an activating group) is 1. The number of carbonyl (C=O) groups excluding carboxylic acids is 1. The van der Waals surface area contributed by atoms with Gasteiger partial charge in [0.25, 0.3) is 0 Å². The number of aliphatic hydroxyl groups excluding tert-OH is 1. The lowest BCUT2D eigenvalue weighted by Crippen LogP contribution is -2.45. The summed E-state index contributed by atoms with van der Waals surface area (Å²) in [5.74, 6) is -0.220. The molecule has 3 unspecified atom stereocenters. The molecule has 9 heteroatoms. The number of quaternary nitrogens is 1. The molecule has 1 amide bonds. The molecule has 3 atom stereocenters. The molecule has 0 saturated carbocycles. The van der Waals surface area contributed by atoms with E-state index in [1.54, 1.807) is 6.08 Å². The Hall–Kier alpha value is -3.62. The monoisotopic (exact) mass is 948 g/mol. The maximum Gasteiger partial charge on any atom is 0.472 e. The summed E-state index contributed by atoms with van der Waals surface area (Å²) in [7, 11) is 1.50. The van der Waals surface area contributed by atoms with Gasteiger partial charge in [0.1, 0.15) is 13.2 Å². The Bertz CT molecular complexity index is 1590. The predicted octanol–water partition coefficient (Wildman–Crippen LogP) is 15.4. The molecule has 0 heterocycles. The van der Waals surface area contributed by atoms with Crippen LogP contribution >= 0.6 is 7.82 Å². The van der Waals surface area contributed by atoms with Crippen LogP contribution in [0.25, 0.3) is 0 Å². The van der Waals surface area contributed by atoms with Gasteiger partial charge in [0.05, 0.1) is 39.9 Å². The third kappa shape index (κ3) is 50.1. The van der Waals surface area contributed by atoms with Gasteiger partial charge in [-0.1, -0.05) is 192 Å². The van der Waals surface area contributed by atoms with Crippen molar-refractivity contribution in [3.05, 3.63) is 146 Å². The lowest BCUT2D eigenvalue weighted by Gasteiger charge is -2.25. The van der Waals surface area contributed by atoms with Crippen molar-refractivity contribution in [1.82, 2.24) is 5.32 Å². The number of hydrogen-bond donors (Lipinski definition) is 3. The number of unbranched alkanes of at least 4 members (excludes halogenated alkanes) is 9. The fourth-order valence-corrected chi connectivity index (χ4v) is 6.96. The van der Waals surface area contributed by atoms with Crippen LogP contribution in [-0.2, 0) is 18.4 Å². The average Bonchev–Trinajstić information content (AvgIpc) is 3.29. The number of nitrogens with zero attached hydrogens (tertiary/aromatic N) is 1. The first-order chi connectivity index (χ1) is 32.5. The number of carbonyl (C=O) groups is 1. The number of allylic oxidation sites excluding steroid dienone is 23. The molecule has 0 rings (SSSR count). The minimum Gasteiger partial charge on any atom is -0.387 e. The lowest BCUT2D eigenvalue weighted by molar-refractivity contribution is -0.870. The van der Waals surface area contributed by atoms with Crippen LogP contribution in [0.3, 0.4) is 0 Å². The second kappa shape index (κ2) is 47.4. The van der Waals surface area contributed by atoms with Gasteiger partial charge < -0.3 is 19.8 Å². The van der Waals surface area contributed by atoms with Gasteiger partial charge >= 0.3 is 7.82 Å². The largest absolute Gasteiger partial charge is 0.472 e. The molecule has 0 saturated heterocycles. The minimum atomic E-state index is -4.37. The van der Waals surface area contributed by atoms with E-state index < -0.39 is 20.0 Å². The maximum atomic E-state index is 12.9. The topological polar surface area (TPSA) is 105 Å². The molecule has 3 N–H and O–H groups in total. The smallest absolute Gasteiger partial charge is 0.387 e. The Labute approximate surface area is 410 Å². The maximum absolute atomic E-state index is 12.9. The standard InChI is InChI=1S/C58H95N2O6P/c1-6-8-10-12-14-16-18-20-21-22-23-24-25-26-27-28-29-30-31-32-33-34-35-36-37-38-39-40-42-44-46-48-50-52-58(62)59-56(55-66-67(63,64)65-54-53-60(3,4)5)57(61)51-49-47-45-43-41-19-17-15-13-11-9-7-2/h8,10,13-16,20-21,23-24,26-27,29-30,32-33,35-36,38-39,41,43,49,51,56-57,61H,6-7,9,11-12,17-19,22,25,28,31,34,37,40,42,44-48,50,52-55H2,1-5H3,(H-,59,62,63,64)/p+1/b10-8-,15-13+,16-14-,21-20-,24-23-,27-26-,30-29-,33-32-,36-35-,39-38-,43-41+,51-49+. The van der Waals surface area contributed by atoms with Crippen LogP contribution in [0.2, 0.25) is 0 Å². The SMILES string of the molecule is CC/C=C\C/C=C\C/C=C\C/C=C\C/C=C\C/C=C\C/C=C\C/C=C\C/C=C\CCCCCCCC(=O)NC(COP(=O)(O)OCC[N+](C)(C)C)C(O)/C=C/CC/C=C/CC/C=C/CCCC. The predicted molar refractivity (Wildman–Crippen MR) is 290 cm³/mol. The first kappa shape index (κ1) is 63.4. The first-order valence-corrected chi connectivity index (χ1v) is 27.2. The summed E-state index contributed by atoms with van der Waals surface area (Å²) < 4.78 is 23.5. The van der Waals surface area contributed by atoms with Gasteiger partial charge in [0.15, 0.2) is 0 Å². The van der Waals surface area contributed by atoms with E-state index in [4.69, 9.17) is 9.05 Å². The molecule has 0 aromatic carbocycles. The van der Waals surface area contributed by atoms with Crippen molar-refractivity contribution in [2.24, 2.45) is 0 Å². The quantitative estimate of drug-likeness (QED) is 0.0243. The van der Waals surface area contributed by atoms with Crippen LogP contribution in [0.1, 0.15) is 162 Å². The summed E-state index contributed by atoms with van der Waals surface area (Å²) in [5, 5.41) is 13.8. The van der Waals surface area contributed by atoms with Crippen molar-refractivity contribution < 1.29 is 32.9 Å². The summed E-state index contributed by atoms with van der Waals surface area (Å²) in [6, 6.07) is -0.890. The van der Waals surface area contributed by atoms with Gasteiger partial charge in [0, 0.05) is 6.42 Å². The molecular weight excluding hydrogens is 852 g/mol. The highest BCUT2D eigenvalue weighted by molar-refractivity contribution is 7.47. The number of rotatable bonds is 44. The van der Waals surface area contributed by atoms with Crippen molar-refractivity contribution in [2.75, 3.05) is 40.9 Å². The molecule has 0 bridgehead atoms. The van der Waals surface area contributed by atoms with Gasteiger partial charge in [-0.05, 0) is 109 Å². The lowest BCUT2D eigenvalue weighted by atomic mass is 10.1. The van der Waals surface area contributed by atoms with E-state index in [1.807, 2.05) is 27.2 Å². The van der Waals surface area contributed by atoms with Crippen LogP contribution in [-0.4, -0.2) is 73.4 Å². The van der Waals surface area contributed by atoms with Crippen LogP contribution < -0.4 is 5.32 Å². The van der Waals surface area contributed by atoms with E-state index in [2.05, 4.69) is 153 Å². The van der Waals surface area contributed by atoms with Crippen LogP contribution in [0.15, 0.2) is 146 Å². The van der Waals surface area contributed by atoms with Crippen molar-refractivity contribution in [3.63, 3.8) is 0 Å². The number of hydrogen-bond acceptors (Lipinski definition) is 5. The zero-order chi connectivity index (χ0) is 49.2. The zero-order valence-electron chi connectivity index (χ0n) is 42.8. The average molecular weight is 948 g/mol. The van der Waals surface area contributed by atoms with Crippen LogP contribution in [0.4, 0.5) is 0 Å². The van der Waals surface area contributed by atoms with E-state index in [0.29, 0.717) is 17.4 Å². The molecule has 0 fully saturated rings. The minimum absolute atomic E-state index is 0.0405. The second-order valence-electron chi connectivity index (χ2n) is 17.8. The Balaban J connectivity index is 4.30. The molecule has 0 spiro atoms. The van der Waals surface area contributed by atoms with E-state index in [0.717, 1.165) is 128 Å². The molecule has 0 aliphatic heterocycles. The number of phosphoric acid groups is 1. The summed E-state index contributed by atoms with van der Waals surface area (Å²) in [6.45, 7) is 4.56. The van der Waals surface area contributed by atoms with Gasteiger partial charge in [-0.25, -0.2) is 4.57 Å². The fraction of sp³-hybridized carbons (Fsp3) is 0.569. The summed E-state index contributed by atoms with van der Waals surface area (Å²) in [6.07, 6.45) is 73.7. The number of nitrogens with one attached hydrogen (secondary N) is 1. The van der Waals surface area contributed by atoms with Crippen LogP contribution in [0, 0.1) is 0 Å². The summed E-state index contributed by atoms with van der Waals surface area (Å²) >= 11 is 0. The number of phosphoric ester groups is 1. The fourth-order valence-electron chi connectivity index (χ4n) is 6.23. The number of aliphatic hydroxyl groups is 1. The van der Waals surface area contributed by atoms with E-state index in [9.17, 15) is 19.4 Å². The highest BCUT2D eigenvalue weighted by Gasteiger charge is 2.27. The van der Waals surface area contributed by atoms with Crippen LogP contribution in [0.5, 0.6) is 0 Å². The molecule has 0 radical (unpaired) electrons. The van der Waals surface area contributed by atoms with Gasteiger partial charge in [-0.3, -0.25) is 13.8 Å².